The molecule has 2 N–H and O–H groups in total. The normalized spacial score (nSPS) is 31.6. The van der Waals surface area contributed by atoms with Crippen molar-refractivity contribution in [3.63, 3.8) is 0 Å². The molecule has 1 aromatic rings. The van der Waals surface area contributed by atoms with Crippen molar-refractivity contribution >= 4 is 39.3 Å². The van der Waals surface area contributed by atoms with Gasteiger partial charge in [-0.25, -0.2) is 0 Å². The number of rotatable bonds is 2. The molecule has 3 rings (SSSR count). The highest BCUT2D eigenvalue weighted by atomic mass is 79.9. The molecular weight excluding hydrogens is 358 g/mol. The van der Waals surface area contributed by atoms with Gasteiger partial charge >= 0.3 is 0 Å². The topological polar surface area (TPSA) is 35.2 Å². The summed E-state index contributed by atoms with van der Waals surface area (Å²) >= 11 is 11.5. The van der Waals surface area contributed by atoms with E-state index in [4.69, 9.17) is 22.1 Å². The molecule has 2 fully saturated rings. The van der Waals surface area contributed by atoms with Crippen LogP contribution < -0.4 is 5.73 Å². The van der Waals surface area contributed by atoms with Gasteiger partial charge in [0.05, 0.1) is 10.6 Å². The molecule has 20 heavy (non-hydrogen) atoms. The molecule has 0 radical (unpaired) electrons. The van der Waals surface area contributed by atoms with Crippen molar-refractivity contribution in [2.75, 3.05) is 18.1 Å². The van der Waals surface area contributed by atoms with E-state index in [2.05, 4.69) is 22.0 Å². The molecule has 2 aliphatic heterocycles. The van der Waals surface area contributed by atoms with Gasteiger partial charge in [-0.05, 0) is 64.6 Å². The van der Waals surface area contributed by atoms with E-state index in [-0.39, 0.29) is 11.6 Å². The largest absolute Gasteiger partial charge is 0.374 e. The second-order valence-electron chi connectivity index (χ2n) is 5.79. The molecule has 0 amide bonds. The summed E-state index contributed by atoms with van der Waals surface area (Å²) in [4.78, 5) is 0. The van der Waals surface area contributed by atoms with Crippen LogP contribution in [0.15, 0.2) is 22.7 Å². The molecule has 2 saturated heterocycles. The Labute approximate surface area is 137 Å². The van der Waals surface area contributed by atoms with E-state index >= 15 is 0 Å². The first-order valence-electron chi connectivity index (χ1n) is 7.02. The molecule has 1 spiro atoms. The van der Waals surface area contributed by atoms with Gasteiger partial charge < -0.3 is 10.5 Å². The molecule has 0 aliphatic carbocycles. The molecular formula is C15H19BrClNOS. The number of hydrogen-bond donors (Lipinski definition) is 1. The van der Waals surface area contributed by atoms with Gasteiger partial charge in [0.1, 0.15) is 0 Å². The Morgan fingerprint density at radius 2 is 2.35 bits per heavy atom. The minimum atomic E-state index is 0.0648. The predicted molar refractivity (Wildman–Crippen MR) is 89.4 cm³/mol. The number of nitrogens with two attached hydrogens (primary N) is 1. The molecule has 2 aliphatic rings. The Morgan fingerprint density at radius 1 is 1.50 bits per heavy atom. The second-order valence-corrected chi connectivity index (χ2v) is 8.15. The molecule has 0 bridgehead atoms. The van der Waals surface area contributed by atoms with Crippen molar-refractivity contribution in [3.05, 3.63) is 33.3 Å². The smallest absolute Gasteiger partial charge is 0.0783 e. The Morgan fingerprint density at radius 3 is 3.05 bits per heavy atom. The number of ether oxygens (including phenoxy) is 1. The van der Waals surface area contributed by atoms with Crippen LogP contribution in [0.4, 0.5) is 0 Å². The molecule has 3 atom stereocenters. The third-order valence-corrected chi connectivity index (χ3v) is 6.87. The highest BCUT2D eigenvalue weighted by Gasteiger charge is 2.42. The lowest BCUT2D eigenvalue weighted by molar-refractivity contribution is -0.0834. The van der Waals surface area contributed by atoms with Crippen LogP contribution in [0.2, 0.25) is 5.02 Å². The molecule has 1 aromatic carbocycles. The summed E-state index contributed by atoms with van der Waals surface area (Å²) in [5, 5.41) is 0.733. The lowest BCUT2D eigenvalue weighted by Gasteiger charge is -2.40. The monoisotopic (exact) mass is 375 g/mol. The standard InChI is InChI=1S/C15H19BrClNOS/c16-12-7-10(1-2-13(12)17)14(18)11-3-5-19-15(8-11)4-6-20-9-15/h1-2,7,11,14H,3-6,8-9,18H2. The van der Waals surface area contributed by atoms with Crippen molar-refractivity contribution in [3.8, 4) is 0 Å². The van der Waals surface area contributed by atoms with E-state index in [9.17, 15) is 0 Å². The summed E-state index contributed by atoms with van der Waals surface area (Å²) in [5.41, 5.74) is 7.77. The maximum Gasteiger partial charge on any atom is 0.0783 e. The lowest BCUT2D eigenvalue weighted by Crippen LogP contribution is -2.42. The van der Waals surface area contributed by atoms with Gasteiger partial charge in [0.15, 0.2) is 0 Å². The van der Waals surface area contributed by atoms with E-state index in [1.165, 1.54) is 12.2 Å². The zero-order valence-corrected chi connectivity index (χ0v) is 14.4. The zero-order chi connectivity index (χ0) is 14.2. The first-order chi connectivity index (χ1) is 9.60. The van der Waals surface area contributed by atoms with Gasteiger partial charge in [-0.15, -0.1) is 0 Å². The average molecular weight is 377 g/mol. The Balaban J connectivity index is 1.75. The Kier molecular flexibility index (Phi) is 4.68. The van der Waals surface area contributed by atoms with Crippen LogP contribution in [0, 0.1) is 5.92 Å². The fourth-order valence-electron chi connectivity index (χ4n) is 3.23. The van der Waals surface area contributed by atoms with Crippen LogP contribution in [0.3, 0.4) is 0 Å². The summed E-state index contributed by atoms with van der Waals surface area (Å²) < 4.78 is 7.00. The van der Waals surface area contributed by atoms with Gasteiger partial charge in [-0.1, -0.05) is 17.7 Å². The van der Waals surface area contributed by atoms with Gasteiger partial charge in [-0.3, -0.25) is 0 Å². The average Bonchev–Trinajstić information content (AvgIpc) is 2.89. The number of thioether (sulfide) groups is 1. The number of benzene rings is 1. The summed E-state index contributed by atoms with van der Waals surface area (Å²) in [7, 11) is 0. The van der Waals surface area contributed by atoms with Crippen molar-refractivity contribution in [2.45, 2.75) is 30.9 Å². The first kappa shape index (κ1) is 15.2. The number of hydrogen-bond acceptors (Lipinski definition) is 3. The van der Waals surface area contributed by atoms with Gasteiger partial charge in [0, 0.05) is 22.9 Å². The summed E-state index contributed by atoms with van der Waals surface area (Å²) in [6.45, 7) is 0.841. The number of halogens is 2. The molecule has 3 unspecified atom stereocenters. The highest BCUT2D eigenvalue weighted by Crippen LogP contribution is 2.43. The van der Waals surface area contributed by atoms with E-state index < -0.39 is 0 Å². The predicted octanol–water partition coefficient (Wildman–Crippen LogP) is 4.40. The van der Waals surface area contributed by atoms with Crippen molar-refractivity contribution in [1.82, 2.24) is 0 Å². The molecule has 5 heteroatoms. The van der Waals surface area contributed by atoms with Gasteiger partial charge in [-0.2, -0.15) is 11.8 Å². The van der Waals surface area contributed by atoms with Crippen LogP contribution in [0.1, 0.15) is 30.9 Å². The maximum atomic E-state index is 6.51. The van der Waals surface area contributed by atoms with Crippen LogP contribution in [-0.2, 0) is 4.74 Å². The maximum absolute atomic E-state index is 6.51. The van der Waals surface area contributed by atoms with E-state index in [0.717, 1.165) is 40.3 Å². The van der Waals surface area contributed by atoms with Crippen LogP contribution >= 0.6 is 39.3 Å². The summed E-state index contributed by atoms with van der Waals surface area (Å²) in [6, 6.07) is 6.08. The first-order valence-corrected chi connectivity index (χ1v) is 9.34. The minimum absolute atomic E-state index is 0.0648. The fourth-order valence-corrected chi connectivity index (χ4v) is 5.12. The summed E-state index contributed by atoms with van der Waals surface area (Å²) in [6.07, 6.45) is 3.31. The van der Waals surface area contributed by atoms with Gasteiger partial charge in [0.25, 0.3) is 0 Å². The molecule has 2 nitrogen and oxygen atoms in total. The van der Waals surface area contributed by atoms with E-state index in [0.29, 0.717) is 5.92 Å². The van der Waals surface area contributed by atoms with Crippen molar-refractivity contribution in [2.24, 2.45) is 11.7 Å². The SMILES string of the molecule is NC(c1ccc(Cl)c(Br)c1)C1CCOC2(CCSC2)C1. The quantitative estimate of drug-likeness (QED) is 0.830. The van der Waals surface area contributed by atoms with Crippen molar-refractivity contribution < 1.29 is 4.74 Å². The highest BCUT2D eigenvalue weighted by molar-refractivity contribution is 9.10. The minimum Gasteiger partial charge on any atom is -0.374 e. The van der Waals surface area contributed by atoms with Crippen LogP contribution in [-0.4, -0.2) is 23.7 Å². The van der Waals surface area contributed by atoms with Crippen LogP contribution in [0.25, 0.3) is 0 Å². The summed E-state index contributed by atoms with van der Waals surface area (Å²) in [5.74, 6) is 2.84. The molecule has 110 valence electrons. The Bertz CT molecular complexity index is 493. The van der Waals surface area contributed by atoms with E-state index in [1.807, 2.05) is 23.9 Å². The second kappa shape index (κ2) is 6.17. The molecule has 2 heterocycles. The molecule has 0 aromatic heterocycles. The lowest BCUT2D eigenvalue weighted by atomic mass is 9.79. The zero-order valence-electron chi connectivity index (χ0n) is 11.3. The molecule has 0 saturated carbocycles. The fraction of sp³-hybridized carbons (Fsp3) is 0.600. The van der Waals surface area contributed by atoms with Crippen molar-refractivity contribution in [1.29, 1.82) is 0 Å². The van der Waals surface area contributed by atoms with E-state index in [1.54, 1.807) is 0 Å². The third kappa shape index (κ3) is 3.05. The third-order valence-electron chi connectivity index (χ3n) is 4.43. The Hall–Kier alpha value is 0.260. The van der Waals surface area contributed by atoms with Crippen LogP contribution in [0.5, 0.6) is 0 Å². The van der Waals surface area contributed by atoms with Gasteiger partial charge in [0.2, 0.25) is 0 Å².